The molecule has 0 saturated heterocycles. The number of carbonyl (C=O) groups excluding carboxylic acids is 1. The molecule has 0 bridgehead atoms. The normalized spacial score (nSPS) is 15.7. The minimum atomic E-state index is -0.110. The lowest BCUT2D eigenvalue weighted by Crippen LogP contribution is -2.33. The molecule has 1 heterocycles. The van der Waals surface area contributed by atoms with E-state index in [1.165, 1.54) is 22.5 Å². The minimum absolute atomic E-state index is 0.0983. The molecule has 3 aromatic rings. The topological polar surface area (TPSA) is 56.8 Å². The molecule has 1 aliphatic carbocycles. The summed E-state index contributed by atoms with van der Waals surface area (Å²) in [7, 11) is 4.94. The summed E-state index contributed by atoms with van der Waals surface area (Å²) in [5, 5.41) is 3.01. The molecule has 0 aliphatic heterocycles. The van der Waals surface area contributed by atoms with Gasteiger partial charge in [-0.2, -0.15) is 0 Å². The van der Waals surface area contributed by atoms with Gasteiger partial charge in [0.05, 0.1) is 26.2 Å². The number of ether oxygens (including phenoxy) is 3. The van der Waals surface area contributed by atoms with Crippen LogP contribution in [0.3, 0.4) is 0 Å². The molecule has 5 nitrogen and oxygen atoms in total. The Balaban J connectivity index is 1.59. The second-order valence-corrected chi connectivity index (χ2v) is 11.5. The zero-order valence-corrected chi connectivity index (χ0v) is 22.5. The van der Waals surface area contributed by atoms with Crippen molar-refractivity contribution in [3.8, 4) is 27.7 Å². The lowest BCUT2D eigenvalue weighted by molar-refractivity contribution is 0.0955. The third-order valence-electron chi connectivity index (χ3n) is 7.13. The standard InChI is InChI=1S/C29H35NO4S/c1-28(2)10-11-29(3,4)23-16-24(34-7)21(15-22(23)28)25-8-9-26(35-25)27(31)30-17-18-12-19(32-5)14-20(13-18)33-6/h8-9,12-16H,10-11,17H2,1-7H3,(H,30,31). The van der Waals surface area contributed by atoms with Crippen molar-refractivity contribution in [3.63, 3.8) is 0 Å². The van der Waals surface area contributed by atoms with Gasteiger partial charge in [-0.3, -0.25) is 4.79 Å². The SMILES string of the molecule is COc1cc(CNC(=O)c2ccc(-c3cc4c(cc3OC)C(C)(C)CCC4(C)C)s2)cc(OC)c1. The minimum Gasteiger partial charge on any atom is -0.497 e. The summed E-state index contributed by atoms with van der Waals surface area (Å²) >= 11 is 1.48. The van der Waals surface area contributed by atoms with Crippen molar-refractivity contribution in [2.75, 3.05) is 21.3 Å². The van der Waals surface area contributed by atoms with E-state index in [1.807, 2.05) is 30.3 Å². The molecule has 1 amide bonds. The van der Waals surface area contributed by atoms with E-state index in [-0.39, 0.29) is 16.7 Å². The van der Waals surface area contributed by atoms with Gasteiger partial charge in [0.15, 0.2) is 0 Å². The molecule has 0 saturated carbocycles. The molecule has 4 rings (SSSR count). The van der Waals surface area contributed by atoms with Crippen molar-refractivity contribution in [2.45, 2.75) is 57.9 Å². The van der Waals surface area contributed by atoms with Gasteiger partial charge in [0.1, 0.15) is 17.2 Å². The van der Waals surface area contributed by atoms with Crippen molar-refractivity contribution in [2.24, 2.45) is 0 Å². The van der Waals surface area contributed by atoms with E-state index in [4.69, 9.17) is 14.2 Å². The fourth-order valence-corrected chi connectivity index (χ4v) is 5.74. The van der Waals surface area contributed by atoms with Crippen molar-refractivity contribution in [3.05, 3.63) is 64.0 Å². The Hall–Kier alpha value is -2.99. The number of methoxy groups -OCH3 is 3. The average Bonchev–Trinajstić information content (AvgIpc) is 3.34. The summed E-state index contributed by atoms with van der Waals surface area (Å²) < 4.78 is 16.5. The highest BCUT2D eigenvalue weighted by Gasteiger charge is 2.38. The number of rotatable bonds is 7. The molecule has 1 aromatic heterocycles. The Morgan fingerprint density at radius 3 is 2.03 bits per heavy atom. The van der Waals surface area contributed by atoms with Crippen LogP contribution in [0.15, 0.2) is 42.5 Å². The van der Waals surface area contributed by atoms with Crippen LogP contribution in [-0.4, -0.2) is 27.2 Å². The van der Waals surface area contributed by atoms with E-state index in [0.29, 0.717) is 22.9 Å². The van der Waals surface area contributed by atoms with E-state index in [9.17, 15) is 4.79 Å². The summed E-state index contributed by atoms with van der Waals surface area (Å²) in [6.45, 7) is 9.64. The first-order chi connectivity index (χ1) is 16.6. The highest BCUT2D eigenvalue weighted by atomic mass is 32.1. The number of hydrogen-bond donors (Lipinski definition) is 1. The van der Waals surface area contributed by atoms with Gasteiger partial charge in [0, 0.05) is 23.1 Å². The van der Waals surface area contributed by atoms with E-state index in [0.717, 1.165) is 34.6 Å². The van der Waals surface area contributed by atoms with Crippen molar-refractivity contribution in [1.29, 1.82) is 0 Å². The Bertz CT molecular complexity index is 1220. The van der Waals surface area contributed by atoms with Crippen molar-refractivity contribution in [1.82, 2.24) is 5.32 Å². The highest BCUT2D eigenvalue weighted by molar-refractivity contribution is 7.17. The largest absolute Gasteiger partial charge is 0.497 e. The van der Waals surface area contributed by atoms with Crippen LogP contribution in [0.25, 0.3) is 10.4 Å². The lowest BCUT2D eigenvalue weighted by Gasteiger charge is -2.42. The summed E-state index contributed by atoms with van der Waals surface area (Å²) in [5.41, 5.74) is 4.89. The number of carbonyl (C=O) groups is 1. The van der Waals surface area contributed by atoms with Crippen LogP contribution in [0.5, 0.6) is 17.2 Å². The molecular formula is C29H35NO4S. The van der Waals surface area contributed by atoms with Crippen LogP contribution < -0.4 is 19.5 Å². The maximum absolute atomic E-state index is 13.0. The molecule has 0 radical (unpaired) electrons. The Kier molecular flexibility index (Phi) is 6.87. The predicted molar refractivity (Wildman–Crippen MR) is 142 cm³/mol. The Morgan fingerprint density at radius 1 is 0.857 bits per heavy atom. The first-order valence-electron chi connectivity index (χ1n) is 11.9. The van der Waals surface area contributed by atoms with Crippen LogP contribution in [-0.2, 0) is 17.4 Å². The quantitative estimate of drug-likeness (QED) is 0.397. The van der Waals surface area contributed by atoms with Gasteiger partial charge in [0.25, 0.3) is 5.91 Å². The van der Waals surface area contributed by atoms with Gasteiger partial charge >= 0.3 is 0 Å². The van der Waals surface area contributed by atoms with Crippen molar-refractivity contribution < 1.29 is 19.0 Å². The Labute approximate surface area is 212 Å². The molecule has 0 atom stereocenters. The summed E-state index contributed by atoms with van der Waals surface area (Å²) in [5.74, 6) is 2.13. The molecular weight excluding hydrogens is 458 g/mol. The Morgan fingerprint density at radius 2 is 1.46 bits per heavy atom. The first kappa shape index (κ1) is 25.1. The van der Waals surface area contributed by atoms with E-state index < -0.39 is 0 Å². The molecule has 0 unspecified atom stereocenters. The van der Waals surface area contributed by atoms with Gasteiger partial charge < -0.3 is 19.5 Å². The highest BCUT2D eigenvalue weighted by Crippen LogP contribution is 2.49. The fraction of sp³-hybridized carbons (Fsp3) is 0.414. The van der Waals surface area contributed by atoms with E-state index in [2.05, 4.69) is 45.1 Å². The van der Waals surface area contributed by atoms with Gasteiger partial charge in [-0.25, -0.2) is 0 Å². The number of fused-ring (bicyclic) bond motifs is 1. The first-order valence-corrected chi connectivity index (χ1v) is 12.7. The van der Waals surface area contributed by atoms with Crippen LogP contribution in [0.4, 0.5) is 0 Å². The number of amides is 1. The molecule has 0 fully saturated rings. The molecule has 186 valence electrons. The summed E-state index contributed by atoms with van der Waals surface area (Å²) in [6, 6.07) is 14.0. The molecule has 0 spiro atoms. The van der Waals surface area contributed by atoms with E-state index in [1.54, 1.807) is 21.3 Å². The van der Waals surface area contributed by atoms with E-state index >= 15 is 0 Å². The monoisotopic (exact) mass is 493 g/mol. The van der Waals surface area contributed by atoms with Gasteiger partial charge in [-0.15, -0.1) is 11.3 Å². The molecule has 1 aliphatic rings. The smallest absolute Gasteiger partial charge is 0.261 e. The maximum Gasteiger partial charge on any atom is 0.261 e. The lowest BCUT2D eigenvalue weighted by atomic mass is 9.63. The van der Waals surface area contributed by atoms with Crippen LogP contribution in [0.2, 0.25) is 0 Å². The number of nitrogens with one attached hydrogen (secondary N) is 1. The summed E-state index contributed by atoms with van der Waals surface area (Å²) in [6.07, 6.45) is 2.30. The van der Waals surface area contributed by atoms with Gasteiger partial charge in [-0.05, 0) is 76.8 Å². The number of benzene rings is 2. The van der Waals surface area contributed by atoms with Crippen LogP contribution >= 0.6 is 11.3 Å². The summed E-state index contributed by atoms with van der Waals surface area (Å²) in [4.78, 5) is 14.6. The average molecular weight is 494 g/mol. The fourth-order valence-electron chi connectivity index (χ4n) is 4.80. The predicted octanol–water partition coefficient (Wildman–Crippen LogP) is 6.72. The molecule has 2 aromatic carbocycles. The zero-order valence-electron chi connectivity index (χ0n) is 21.7. The van der Waals surface area contributed by atoms with Crippen LogP contribution in [0.1, 0.15) is 66.9 Å². The van der Waals surface area contributed by atoms with Crippen LogP contribution in [0, 0.1) is 0 Å². The third kappa shape index (κ3) is 5.03. The van der Waals surface area contributed by atoms with Crippen molar-refractivity contribution >= 4 is 17.2 Å². The molecule has 1 N–H and O–H groups in total. The van der Waals surface area contributed by atoms with Gasteiger partial charge in [-0.1, -0.05) is 27.7 Å². The van der Waals surface area contributed by atoms with Gasteiger partial charge in [0.2, 0.25) is 0 Å². The zero-order chi connectivity index (χ0) is 25.4. The number of hydrogen-bond acceptors (Lipinski definition) is 5. The molecule has 6 heteroatoms. The third-order valence-corrected chi connectivity index (χ3v) is 8.25. The molecule has 35 heavy (non-hydrogen) atoms. The second-order valence-electron chi connectivity index (χ2n) is 10.4. The second kappa shape index (κ2) is 9.57. The number of thiophene rings is 1. The maximum atomic E-state index is 13.0.